The van der Waals surface area contributed by atoms with Gasteiger partial charge in [0.15, 0.2) is 0 Å². The van der Waals surface area contributed by atoms with E-state index in [-0.39, 0.29) is 18.9 Å². The van der Waals surface area contributed by atoms with Crippen LogP contribution in [0.15, 0.2) is 51.8 Å². The molecule has 2 aromatic heterocycles. The zero-order chi connectivity index (χ0) is 15.8. The number of rotatable bonds is 3. The lowest BCUT2D eigenvalue weighted by Gasteiger charge is -2.14. The first-order valence-corrected chi connectivity index (χ1v) is 7.59. The summed E-state index contributed by atoms with van der Waals surface area (Å²) in [6, 6.07) is 11.5. The highest BCUT2D eigenvalue weighted by Crippen LogP contribution is 2.29. The Bertz CT molecular complexity index is 884. The molecule has 0 unspecified atom stereocenters. The fourth-order valence-electron chi connectivity index (χ4n) is 2.90. The largest absolute Gasteiger partial charge is 0.437 e. The van der Waals surface area contributed by atoms with Gasteiger partial charge in [0.2, 0.25) is 5.71 Å². The molecule has 1 aliphatic rings. The monoisotopic (exact) mass is 312 g/mol. The van der Waals surface area contributed by atoms with E-state index in [0.29, 0.717) is 17.9 Å². The highest BCUT2D eigenvalue weighted by Gasteiger charge is 2.27. The Morgan fingerprint density at radius 3 is 2.83 bits per heavy atom. The van der Waals surface area contributed by atoms with Crippen LogP contribution in [-0.4, -0.2) is 27.4 Å². The predicted octanol–water partition coefficient (Wildman–Crippen LogP) is 2.33. The number of aromatic nitrogens is 2. The maximum atomic E-state index is 12.2. The quantitative estimate of drug-likeness (QED) is 0.803. The number of hydrogen-bond donors (Lipinski definition) is 1. The maximum Gasteiger partial charge on any atom is 0.353 e. The van der Waals surface area contributed by atoms with Crippen molar-refractivity contribution in [2.24, 2.45) is 0 Å². The molecule has 1 saturated heterocycles. The van der Waals surface area contributed by atoms with Crippen molar-refractivity contribution in [3.63, 3.8) is 0 Å². The van der Waals surface area contributed by atoms with Crippen molar-refractivity contribution in [2.45, 2.75) is 25.2 Å². The molecule has 2 atom stereocenters. The Morgan fingerprint density at radius 2 is 2.09 bits per heavy atom. The molecule has 3 aromatic rings. The van der Waals surface area contributed by atoms with Gasteiger partial charge in [0, 0.05) is 11.8 Å². The summed E-state index contributed by atoms with van der Waals surface area (Å²) in [7, 11) is 0. The van der Waals surface area contributed by atoms with Gasteiger partial charge in [-0.15, -0.1) is 0 Å². The first-order valence-electron chi connectivity index (χ1n) is 7.59. The van der Waals surface area contributed by atoms with E-state index in [2.05, 4.69) is 4.98 Å². The minimum atomic E-state index is -0.407. The van der Waals surface area contributed by atoms with Crippen molar-refractivity contribution in [3.8, 4) is 11.3 Å². The zero-order valence-corrected chi connectivity index (χ0v) is 12.4. The SMILES string of the molecule is O=c1nc2oc(-c3ccccc3)cc2cn1[C@H]1CC[C@@H](CO)O1. The smallest absolute Gasteiger partial charge is 0.353 e. The molecule has 0 spiro atoms. The van der Waals surface area contributed by atoms with E-state index in [1.54, 1.807) is 6.20 Å². The van der Waals surface area contributed by atoms with Crippen molar-refractivity contribution in [3.05, 3.63) is 53.1 Å². The molecule has 0 amide bonds. The summed E-state index contributed by atoms with van der Waals surface area (Å²) < 4.78 is 12.8. The lowest BCUT2D eigenvalue weighted by molar-refractivity contribution is -0.0243. The van der Waals surface area contributed by atoms with Gasteiger partial charge >= 0.3 is 5.69 Å². The Balaban J connectivity index is 1.74. The van der Waals surface area contributed by atoms with Gasteiger partial charge in [-0.3, -0.25) is 4.57 Å². The summed E-state index contributed by atoms with van der Waals surface area (Å²) in [5.74, 6) is 0.672. The number of aliphatic hydroxyl groups is 1. The van der Waals surface area contributed by atoms with E-state index in [0.717, 1.165) is 17.4 Å². The van der Waals surface area contributed by atoms with Crippen LogP contribution in [0.2, 0.25) is 0 Å². The molecular formula is C17H16N2O4. The van der Waals surface area contributed by atoms with Crippen molar-refractivity contribution in [1.82, 2.24) is 9.55 Å². The second-order valence-corrected chi connectivity index (χ2v) is 5.64. The number of aliphatic hydroxyl groups excluding tert-OH is 1. The average molecular weight is 312 g/mol. The normalized spacial score (nSPS) is 21.1. The number of fused-ring (bicyclic) bond motifs is 1. The van der Waals surface area contributed by atoms with Gasteiger partial charge in [-0.2, -0.15) is 4.98 Å². The van der Waals surface area contributed by atoms with Crippen molar-refractivity contribution in [1.29, 1.82) is 0 Å². The van der Waals surface area contributed by atoms with Gasteiger partial charge in [0.25, 0.3) is 0 Å². The van der Waals surface area contributed by atoms with Crippen molar-refractivity contribution in [2.75, 3.05) is 6.61 Å². The molecule has 4 rings (SSSR count). The van der Waals surface area contributed by atoms with Crippen molar-refractivity contribution < 1.29 is 14.3 Å². The fraction of sp³-hybridized carbons (Fsp3) is 0.294. The third kappa shape index (κ3) is 2.56. The van der Waals surface area contributed by atoms with E-state index < -0.39 is 5.69 Å². The van der Waals surface area contributed by atoms with Crippen LogP contribution in [0.4, 0.5) is 0 Å². The van der Waals surface area contributed by atoms with Gasteiger partial charge in [0.1, 0.15) is 12.0 Å². The van der Waals surface area contributed by atoms with E-state index in [1.807, 2.05) is 36.4 Å². The van der Waals surface area contributed by atoms with E-state index in [4.69, 9.17) is 14.3 Å². The highest BCUT2D eigenvalue weighted by atomic mass is 16.5. The second-order valence-electron chi connectivity index (χ2n) is 5.64. The third-order valence-corrected chi connectivity index (χ3v) is 4.09. The third-order valence-electron chi connectivity index (χ3n) is 4.09. The van der Waals surface area contributed by atoms with Crippen LogP contribution in [0.1, 0.15) is 19.1 Å². The summed E-state index contributed by atoms with van der Waals surface area (Å²) in [5, 5.41) is 9.91. The van der Waals surface area contributed by atoms with E-state index in [9.17, 15) is 4.79 Å². The number of nitrogens with zero attached hydrogens (tertiary/aromatic N) is 2. The van der Waals surface area contributed by atoms with Gasteiger partial charge in [-0.1, -0.05) is 30.3 Å². The summed E-state index contributed by atoms with van der Waals surface area (Å²) in [5.41, 5.74) is 0.846. The molecule has 6 heteroatoms. The Kier molecular flexibility index (Phi) is 3.48. The molecule has 1 aliphatic heterocycles. The van der Waals surface area contributed by atoms with E-state index >= 15 is 0 Å². The summed E-state index contributed by atoms with van der Waals surface area (Å²) >= 11 is 0. The molecule has 1 fully saturated rings. The predicted molar refractivity (Wildman–Crippen MR) is 83.9 cm³/mol. The number of hydrogen-bond acceptors (Lipinski definition) is 5. The highest BCUT2D eigenvalue weighted by molar-refractivity contribution is 5.79. The molecule has 1 N–H and O–H groups in total. The molecule has 0 radical (unpaired) electrons. The van der Waals surface area contributed by atoms with Crippen LogP contribution < -0.4 is 5.69 Å². The molecule has 0 bridgehead atoms. The summed E-state index contributed by atoms with van der Waals surface area (Å²) in [6.45, 7) is -0.0369. The number of ether oxygens (including phenoxy) is 1. The Morgan fingerprint density at radius 1 is 1.26 bits per heavy atom. The lowest BCUT2D eigenvalue weighted by Crippen LogP contribution is -2.27. The zero-order valence-electron chi connectivity index (χ0n) is 12.4. The molecular weight excluding hydrogens is 296 g/mol. The van der Waals surface area contributed by atoms with Crippen LogP contribution in [0.3, 0.4) is 0 Å². The number of benzene rings is 1. The van der Waals surface area contributed by atoms with Gasteiger partial charge in [0.05, 0.1) is 18.1 Å². The van der Waals surface area contributed by atoms with Gasteiger partial charge in [-0.05, 0) is 18.9 Å². The minimum absolute atomic E-state index is 0.0369. The minimum Gasteiger partial charge on any atom is -0.437 e. The fourth-order valence-corrected chi connectivity index (χ4v) is 2.90. The Hall–Kier alpha value is -2.44. The maximum absolute atomic E-state index is 12.2. The summed E-state index contributed by atoms with van der Waals surface area (Å²) in [4.78, 5) is 16.2. The second kappa shape index (κ2) is 5.64. The molecule has 3 heterocycles. The standard InChI is InChI=1S/C17H16N2O4/c20-10-13-6-7-15(22-13)19-9-12-8-14(11-4-2-1-3-5-11)23-16(12)18-17(19)21/h1-5,8-9,13,15,20H,6-7,10H2/t13-,15+/m0/s1. The molecule has 118 valence electrons. The Labute approximate surface area is 132 Å². The molecule has 6 nitrogen and oxygen atoms in total. The first kappa shape index (κ1) is 14.2. The molecule has 23 heavy (non-hydrogen) atoms. The van der Waals surface area contributed by atoms with Crippen molar-refractivity contribution >= 4 is 11.1 Å². The van der Waals surface area contributed by atoms with Crippen LogP contribution in [-0.2, 0) is 4.74 Å². The van der Waals surface area contributed by atoms with Crippen LogP contribution in [0.25, 0.3) is 22.4 Å². The summed E-state index contributed by atoms with van der Waals surface area (Å²) in [6.07, 6.45) is 2.53. The molecule has 0 saturated carbocycles. The number of furan rings is 1. The van der Waals surface area contributed by atoms with E-state index in [1.165, 1.54) is 4.57 Å². The van der Waals surface area contributed by atoms with Crippen LogP contribution in [0.5, 0.6) is 0 Å². The topological polar surface area (TPSA) is 77.5 Å². The van der Waals surface area contributed by atoms with Crippen LogP contribution >= 0.6 is 0 Å². The lowest BCUT2D eigenvalue weighted by atomic mass is 10.2. The average Bonchev–Trinajstić information content (AvgIpc) is 3.21. The van der Waals surface area contributed by atoms with Gasteiger partial charge in [-0.25, -0.2) is 4.79 Å². The first-order chi connectivity index (χ1) is 11.2. The molecule has 0 aliphatic carbocycles. The van der Waals surface area contributed by atoms with Gasteiger partial charge < -0.3 is 14.3 Å². The molecule has 1 aromatic carbocycles. The van der Waals surface area contributed by atoms with Crippen LogP contribution in [0, 0.1) is 0 Å².